The van der Waals surface area contributed by atoms with Crippen LogP contribution in [0.4, 0.5) is 0 Å². The Kier molecular flexibility index (Phi) is 10.6. The minimum atomic E-state index is 0. The fourth-order valence-electron chi connectivity index (χ4n) is 5.31. The van der Waals surface area contributed by atoms with E-state index in [0.717, 1.165) is 64.5 Å². The summed E-state index contributed by atoms with van der Waals surface area (Å²) in [5.74, 6) is 2.20. The molecule has 8 heteroatoms. The van der Waals surface area contributed by atoms with E-state index in [1.165, 1.54) is 37.1 Å². The van der Waals surface area contributed by atoms with Gasteiger partial charge in [-0.05, 0) is 62.9 Å². The minimum Gasteiger partial charge on any atom is -0.357 e. The van der Waals surface area contributed by atoms with Crippen LogP contribution < -0.4 is 10.6 Å². The molecule has 0 radical (unpaired) electrons. The maximum atomic E-state index is 12.7. The number of hydrogen-bond acceptors (Lipinski definition) is 4. The molecule has 1 aliphatic carbocycles. The number of rotatable bonds is 7. The van der Waals surface area contributed by atoms with Crippen LogP contribution >= 0.6 is 35.3 Å². The number of likely N-dealkylation sites (tertiary alicyclic amines) is 2. The smallest absolute Gasteiger partial charge is 0.225 e. The number of carbonyl (C=O) groups excluding carboxylic acids is 1. The first-order chi connectivity index (χ1) is 15.2. The predicted molar refractivity (Wildman–Crippen MR) is 144 cm³/mol. The van der Waals surface area contributed by atoms with Gasteiger partial charge in [-0.3, -0.25) is 14.7 Å². The van der Waals surface area contributed by atoms with Crippen LogP contribution in [-0.4, -0.2) is 67.0 Å². The van der Waals surface area contributed by atoms with Gasteiger partial charge in [-0.15, -0.1) is 35.3 Å². The largest absolute Gasteiger partial charge is 0.357 e. The normalized spacial score (nSPS) is 25.0. The number of aliphatic imine (C=N–C) groups is 1. The summed E-state index contributed by atoms with van der Waals surface area (Å²) in [6.07, 6.45) is 8.14. The first kappa shape index (κ1) is 25.7. The van der Waals surface area contributed by atoms with Crippen molar-refractivity contribution < 1.29 is 4.79 Å². The van der Waals surface area contributed by atoms with Gasteiger partial charge < -0.3 is 15.5 Å². The Labute approximate surface area is 214 Å². The average molecular weight is 574 g/mol. The molecule has 6 nitrogen and oxygen atoms in total. The average Bonchev–Trinajstić information content (AvgIpc) is 3.55. The van der Waals surface area contributed by atoms with E-state index in [2.05, 4.69) is 44.9 Å². The Morgan fingerprint density at radius 1 is 1.16 bits per heavy atom. The van der Waals surface area contributed by atoms with Crippen LogP contribution in [0.5, 0.6) is 0 Å². The van der Waals surface area contributed by atoms with Gasteiger partial charge in [-0.1, -0.05) is 18.9 Å². The number of nitrogens with one attached hydrogen (secondary N) is 2. The Balaban J connectivity index is 0.00000289. The zero-order valence-corrected chi connectivity index (χ0v) is 22.6. The molecule has 2 saturated heterocycles. The molecule has 3 heterocycles. The van der Waals surface area contributed by atoms with E-state index in [-0.39, 0.29) is 29.9 Å². The topological polar surface area (TPSA) is 60.0 Å². The lowest BCUT2D eigenvalue weighted by Crippen LogP contribution is -2.46. The van der Waals surface area contributed by atoms with E-state index < -0.39 is 0 Å². The number of nitrogens with zero attached hydrogens (tertiary/aromatic N) is 3. The Morgan fingerprint density at radius 3 is 2.75 bits per heavy atom. The Bertz CT molecular complexity index is 722. The molecule has 4 rings (SSSR count). The van der Waals surface area contributed by atoms with Gasteiger partial charge in [0.2, 0.25) is 5.91 Å². The highest BCUT2D eigenvalue weighted by atomic mass is 127. The van der Waals surface area contributed by atoms with Gasteiger partial charge in [0.15, 0.2) is 5.96 Å². The van der Waals surface area contributed by atoms with Crippen LogP contribution in [-0.2, 0) is 11.3 Å². The van der Waals surface area contributed by atoms with Crippen molar-refractivity contribution in [1.82, 2.24) is 20.4 Å². The number of amides is 1. The van der Waals surface area contributed by atoms with Crippen LogP contribution in [0, 0.1) is 11.8 Å². The van der Waals surface area contributed by atoms with Gasteiger partial charge in [0, 0.05) is 56.1 Å². The third-order valence-electron chi connectivity index (χ3n) is 6.96. The monoisotopic (exact) mass is 573 g/mol. The standard InChI is InChI=1S/C24H39N5OS.HI/c1-2-25-24(27-21-11-13-29(17-21)23(30)20-8-3-4-9-20)26-15-19-7-5-12-28(16-19)18-22-10-6-14-31-22;/h6,10,14,19-21H,2-5,7-9,11-13,15-18H2,1H3,(H2,25,26,27);1H. The molecule has 3 aliphatic rings. The van der Waals surface area contributed by atoms with Crippen molar-refractivity contribution in [2.75, 3.05) is 39.3 Å². The van der Waals surface area contributed by atoms with Gasteiger partial charge in [0.25, 0.3) is 0 Å². The Morgan fingerprint density at radius 2 is 2.00 bits per heavy atom. The lowest BCUT2D eigenvalue weighted by molar-refractivity contribution is -0.134. The van der Waals surface area contributed by atoms with Crippen molar-refractivity contribution in [1.29, 1.82) is 0 Å². The third-order valence-corrected chi connectivity index (χ3v) is 7.82. The maximum Gasteiger partial charge on any atom is 0.225 e. The summed E-state index contributed by atoms with van der Waals surface area (Å²) in [6.45, 7) is 8.95. The summed E-state index contributed by atoms with van der Waals surface area (Å²) in [5, 5.41) is 9.20. The van der Waals surface area contributed by atoms with Crippen molar-refractivity contribution in [3.05, 3.63) is 22.4 Å². The maximum absolute atomic E-state index is 12.7. The number of hydrogen-bond donors (Lipinski definition) is 2. The van der Waals surface area contributed by atoms with E-state index in [0.29, 0.717) is 17.9 Å². The van der Waals surface area contributed by atoms with E-state index in [4.69, 9.17) is 4.99 Å². The van der Waals surface area contributed by atoms with Gasteiger partial charge in [0.05, 0.1) is 0 Å². The zero-order chi connectivity index (χ0) is 21.5. The van der Waals surface area contributed by atoms with E-state index in [9.17, 15) is 4.79 Å². The fraction of sp³-hybridized carbons (Fsp3) is 0.750. The van der Waals surface area contributed by atoms with Crippen molar-refractivity contribution in [3.63, 3.8) is 0 Å². The zero-order valence-electron chi connectivity index (χ0n) is 19.4. The summed E-state index contributed by atoms with van der Waals surface area (Å²) in [6, 6.07) is 4.69. The molecule has 1 aromatic rings. The van der Waals surface area contributed by atoms with Crippen LogP contribution in [0.1, 0.15) is 56.7 Å². The molecular weight excluding hydrogens is 533 g/mol. The molecule has 2 atom stereocenters. The highest BCUT2D eigenvalue weighted by Gasteiger charge is 2.32. The summed E-state index contributed by atoms with van der Waals surface area (Å²) >= 11 is 1.85. The summed E-state index contributed by atoms with van der Waals surface area (Å²) in [5.41, 5.74) is 0. The minimum absolute atomic E-state index is 0. The second kappa shape index (κ2) is 13.1. The van der Waals surface area contributed by atoms with E-state index in [1.54, 1.807) is 0 Å². The first-order valence-corrected chi connectivity index (χ1v) is 13.2. The van der Waals surface area contributed by atoms with E-state index >= 15 is 0 Å². The second-order valence-corrected chi connectivity index (χ2v) is 10.5. The number of piperidine rings is 1. The van der Waals surface area contributed by atoms with E-state index in [1.807, 2.05) is 11.3 Å². The van der Waals surface area contributed by atoms with Gasteiger partial charge in [0.1, 0.15) is 0 Å². The third kappa shape index (κ3) is 7.32. The molecule has 180 valence electrons. The number of halogens is 1. The number of thiophene rings is 1. The van der Waals surface area contributed by atoms with Crippen LogP contribution in [0.15, 0.2) is 22.5 Å². The number of carbonyl (C=O) groups is 1. The summed E-state index contributed by atoms with van der Waals surface area (Å²) in [7, 11) is 0. The second-order valence-electron chi connectivity index (χ2n) is 9.44. The van der Waals surface area contributed by atoms with Gasteiger partial charge >= 0.3 is 0 Å². The highest BCUT2D eigenvalue weighted by molar-refractivity contribution is 14.0. The van der Waals surface area contributed by atoms with Crippen LogP contribution in [0.25, 0.3) is 0 Å². The lowest BCUT2D eigenvalue weighted by Gasteiger charge is -2.31. The molecule has 2 N–H and O–H groups in total. The Hall–Kier alpha value is -0.870. The van der Waals surface area contributed by atoms with Crippen LogP contribution in [0.3, 0.4) is 0 Å². The molecule has 32 heavy (non-hydrogen) atoms. The fourth-order valence-corrected chi connectivity index (χ4v) is 6.06. The summed E-state index contributed by atoms with van der Waals surface area (Å²) in [4.78, 5) is 23.8. The van der Waals surface area contributed by atoms with Crippen molar-refractivity contribution in [2.45, 2.75) is 64.5 Å². The molecule has 1 amide bonds. The molecule has 2 aliphatic heterocycles. The predicted octanol–water partition coefficient (Wildman–Crippen LogP) is 3.92. The lowest BCUT2D eigenvalue weighted by atomic mass is 9.98. The van der Waals surface area contributed by atoms with Crippen molar-refractivity contribution in [2.24, 2.45) is 16.8 Å². The molecule has 1 saturated carbocycles. The molecule has 0 bridgehead atoms. The van der Waals surface area contributed by atoms with Crippen LogP contribution in [0.2, 0.25) is 0 Å². The highest BCUT2D eigenvalue weighted by Crippen LogP contribution is 2.28. The van der Waals surface area contributed by atoms with Crippen molar-refractivity contribution in [3.8, 4) is 0 Å². The quantitative estimate of drug-likeness (QED) is 0.295. The molecule has 2 unspecified atom stereocenters. The SMILES string of the molecule is CCNC(=NCC1CCCN(Cc2cccs2)C1)NC1CCN(C(=O)C2CCCC2)C1.I. The first-order valence-electron chi connectivity index (χ1n) is 12.3. The van der Waals surface area contributed by atoms with Gasteiger partial charge in [-0.25, -0.2) is 0 Å². The number of guanidine groups is 1. The molecule has 1 aromatic heterocycles. The molecule has 0 spiro atoms. The van der Waals surface area contributed by atoms with Gasteiger partial charge in [-0.2, -0.15) is 0 Å². The molecular formula is C24H40IN5OS. The summed E-state index contributed by atoms with van der Waals surface area (Å²) < 4.78 is 0. The van der Waals surface area contributed by atoms with Crippen molar-refractivity contribution >= 4 is 47.2 Å². The molecule has 0 aromatic carbocycles. The molecule has 3 fully saturated rings.